The molecule has 2 aromatic heterocycles. The van der Waals surface area contributed by atoms with E-state index in [2.05, 4.69) is 15.3 Å². The quantitative estimate of drug-likeness (QED) is 0.700. The molecule has 124 valence electrons. The Morgan fingerprint density at radius 2 is 2.04 bits per heavy atom. The molecule has 0 aliphatic carbocycles. The van der Waals surface area contributed by atoms with Crippen molar-refractivity contribution in [2.24, 2.45) is 5.92 Å². The number of thiophene rings is 1. The van der Waals surface area contributed by atoms with Crippen LogP contribution in [0.25, 0.3) is 21.3 Å². The summed E-state index contributed by atoms with van der Waals surface area (Å²) >= 11 is 1.53. The zero-order chi connectivity index (χ0) is 17.1. The number of carbonyl (C=O) groups is 1. The Kier molecular flexibility index (Phi) is 4.76. The van der Waals surface area contributed by atoms with Crippen molar-refractivity contribution in [2.45, 2.75) is 26.3 Å². The van der Waals surface area contributed by atoms with E-state index in [-0.39, 0.29) is 5.92 Å². The van der Waals surface area contributed by atoms with Gasteiger partial charge in [-0.25, -0.2) is 14.8 Å². The van der Waals surface area contributed by atoms with Gasteiger partial charge in [-0.2, -0.15) is 0 Å². The number of rotatable bonds is 6. The van der Waals surface area contributed by atoms with Crippen LogP contribution >= 0.6 is 11.3 Å². The molecule has 2 heterocycles. The zero-order valence-corrected chi connectivity index (χ0v) is 14.4. The van der Waals surface area contributed by atoms with Crippen LogP contribution in [-0.2, 0) is 4.79 Å². The molecule has 0 saturated heterocycles. The zero-order valence-electron chi connectivity index (χ0n) is 13.6. The third kappa shape index (κ3) is 3.10. The van der Waals surface area contributed by atoms with Crippen LogP contribution in [0.2, 0.25) is 0 Å². The maximum Gasteiger partial charge on any atom is 0.326 e. The Bertz CT molecular complexity index is 848. The van der Waals surface area contributed by atoms with Crippen LogP contribution in [0, 0.1) is 5.92 Å². The van der Waals surface area contributed by atoms with E-state index in [1.165, 1.54) is 17.7 Å². The van der Waals surface area contributed by atoms with Crippen LogP contribution in [-0.4, -0.2) is 27.1 Å². The van der Waals surface area contributed by atoms with Gasteiger partial charge >= 0.3 is 5.97 Å². The molecule has 3 aromatic rings. The fourth-order valence-corrected chi connectivity index (χ4v) is 3.56. The highest BCUT2D eigenvalue weighted by molar-refractivity contribution is 7.17. The Balaban J connectivity index is 2.08. The Labute approximate surface area is 144 Å². The normalized spacial score (nSPS) is 13.6. The van der Waals surface area contributed by atoms with Crippen LogP contribution in [0.4, 0.5) is 5.82 Å². The Hall–Kier alpha value is -2.47. The first kappa shape index (κ1) is 16.4. The number of nitrogens with one attached hydrogen (secondary N) is 1. The summed E-state index contributed by atoms with van der Waals surface area (Å²) in [5.41, 5.74) is 2.09. The molecule has 0 aliphatic heterocycles. The molecule has 0 unspecified atom stereocenters. The fourth-order valence-electron chi connectivity index (χ4n) is 2.65. The van der Waals surface area contributed by atoms with Crippen LogP contribution in [0.5, 0.6) is 0 Å². The number of hydrogen-bond donors (Lipinski definition) is 2. The monoisotopic (exact) mass is 341 g/mol. The predicted molar refractivity (Wildman–Crippen MR) is 97.4 cm³/mol. The smallest absolute Gasteiger partial charge is 0.326 e. The minimum Gasteiger partial charge on any atom is -0.480 e. The van der Waals surface area contributed by atoms with Crippen molar-refractivity contribution in [1.82, 2.24) is 9.97 Å². The van der Waals surface area contributed by atoms with Gasteiger partial charge in [0.2, 0.25) is 0 Å². The van der Waals surface area contributed by atoms with E-state index in [4.69, 9.17) is 0 Å². The Morgan fingerprint density at radius 3 is 2.71 bits per heavy atom. The average Bonchev–Trinajstić information content (AvgIpc) is 3.04. The maximum atomic E-state index is 11.6. The number of hydrogen-bond acceptors (Lipinski definition) is 5. The van der Waals surface area contributed by atoms with Crippen molar-refractivity contribution in [2.75, 3.05) is 5.32 Å². The number of aromatic nitrogens is 2. The SMILES string of the molecule is CC[C@H](C)[C@@H](Nc1ncnc2scc(-c3ccccc3)c12)C(=O)O. The highest BCUT2D eigenvalue weighted by Gasteiger charge is 2.25. The number of carboxylic acids is 1. The molecule has 3 rings (SSSR count). The second kappa shape index (κ2) is 6.97. The number of anilines is 1. The first-order valence-corrected chi connectivity index (χ1v) is 8.76. The van der Waals surface area contributed by atoms with Gasteiger partial charge < -0.3 is 10.4 Å². The van der Waals surface area contributed by atoms with Gasteiger partial charge in [0.1, 0.15) is 23.0 Å². The number of fused-ring (bicyclic) bond motifs is 1. The molecule has 5 nitrogen and oxygen atoms in total. The van der Waals surface area contributed by atoms with Gasteiger partial charge in [-0.1, -0.05) is 50.6 Å². The van der Waals surface area contributed by atoms with Gasteiger partial charge in [0.05, 0.1) is 5.39 Å². The minimum absolute atomic E-state index is 0.00803. The Morgan fingerprint density at radius 1 is 1.29 bits per heavy atom. The van der Waals surface area contributed by atoms with Crippen LogP contribution in [0.1, 0.15) is 20.3 Å². The molecule has 0 spiro atoms. The summed E-state index contributed by atoms with van der Waals surface area (Å²) in [6, 6.07) is 9.31. The molecule has 0 saturated carbocycles. The van der Waals surface area contributed by atoms with Crippen LogP contribution in [0.15, 0.2) is 42.0 Å². The highest BCUT2D eigenvalue weighted by Crippen LogP contribution is 2.36. The second-order valence-corrected chi connectivity index (χ2v) is 6.62. The maximum absolute atomic E-state index is 11.6. The van der Waals surface area contributed by atoms with E-state index in [0.717, 1.165) is 27.8 Å². The van der Waals surface area contributed by atoms with Crippen molar-refractivity contribution in [3.63, 3.8) is 0 Å². The molecule has 24 heavy (non-hydrogen) atoms. The summed E-state index contributed by atoms with van der Waals surface area (Å²) in [5, 5.41) is 15.6. The molecular weight excluding hydrogens is 322 g/mol. The summed E-state index contributed by atoms with van der Waals surface area (Å²) in [6.45, 7) is 3.91. The lowest BCUT2D eigenvalue weighted by molar-refractivity contribution is -0.139. The first-order chi connectivity index (χ1) is 11.6. The summed E-state index contributed by atoms with van der Waals surface area (Å²) in [7, 11) is 0. The van der Waals surface area contributed by atoms with E-state index in [1.807, 2.05) is 49.6 Å². The molecular formula is C18H19N3O2S. The van der Waals surface area contributed by atoms with Crippen molar-refractivity contribution in [3.8, 4) is 11.1 Å². The predicted octanol–water partition coefficient (Wildman–Crippen LogP) is 4.27. The van der Waals surface area contributed by atoms with Crippen molar-refractivity contribution in [1.29, 1.82) is 0 Å². The lowest BCUT2D eigenvalue weighted by Crippen LogP contribution is -2.35. The number of nitrogens with zero attached hydrogens (tertiary/aromatic N) is 2. The summed E-state index contributed by atoms with van der Waals surface area (Å²) < 4.78 is 0. The fraction of sp³-hybridized carbons (Fsp3) is 0.278. The van der Waals surface area contributed by atoms with E-state index in [9.17, 15) is 9.90 Å². The summed E-state index contributed by atoms with van der Waals surface area (Å²) in [4.78, 5) is 21.1. The van der Waals surface area contributed by atoms with Crippen LogP contribution < -0.4 is 5.32 Å². The molecule has 0 radical (unpaired) electrons. The average molecular weight is 341 g/mol. The molecule has 6 heteroatoms. The lowest BCUT2D eigenvalue weighted by Gasteiger charge is -2.21. The third-order valence-electron chi connectivity index (χ3n) is 4.23. The first-order valence-electron chi connectivity index (χ1n) is 7.88. The van der Waals surface area contributed by atoms with E-state index in [0.29, 0.717) is 5.82 Å². The largest absolute Gasteiger partial charge is 0.480 e. The van der Waals surface area contributed by atoms with Gasteiger partial charge in [-0.05, 0) is 11.5 Å². The van der Waals surface area contributed by atoms with Gasteiger partial charge in [0, 0.05) is 10.9 Å². The summed E-state index contributed by atoms with van der Waals surface area (Å²) in [5.74, 6) is -0.299. The molecule has 0 aliphatic rings. The third-order valence-corrected chi connectivity index (χ3v) is 5.11. The topological polar surface area (TPSA) is 75.1 Å². The number of carboxylic acid groups (broad SMARTS) is 1. The highest BCUT2D eigenvalue weighted by atomic mass is 32.1. The molecule has 2 N–H and O–H groups in total. The molecule has 1 aromatic carbocycles. The van der Waals surface area contributed by atoms with E-state index < -0.39 is 12.0 Å². The number of benzene rings is 1. The van der Waals surface area contributed by atoms with Crippen molar-refractivity contribution < 1.29 is 9.90 Å². The van der Waals surface area contributed by atoms with Gasteiger partial charge in [0.15, 0.2) is 0 Å². The number of aliphatic carboxylic acids is 1. The van der Waals surface area contributed by atoms with E-state index in [1.54, 1.807) is 0 Å². The van der Waals surface area contributed by atoms with E-state index >= 15 is 0 Å². The lowest BCUT2D eigenvalue weighted by atomic mass is 9.99. The summed E-state index contributed by atoms with van der Waals surface area (Å²) in [6.07, 6.45) is 2.25. The molecule has 0 fully saturated rings. The van der Waals surface area contributed by atoms with Crippen molar-refractivity contribution >= 4 is 33.3 Å². The standard InChI is InChI=1S/C18H19N3O2S/c1-3-11(2)15(18(22)23)21-16-14-13(12-7-5-4-6-8-12)9-24-17(14)20-10-19-16/h4-11,15H,3H2,1-2H3,(H,22,23)(H,19,20,21)/t11-,15+/m0/s1. The minimum atomic E-state index is -0.868. The van der Waals surface area contributed by atoms with Gasteiger partial charge in [0.25, 0.3) is 0 Å². The molecule has 0 bridgehead atoms. The molecule has 2 atom stereocenters. The van der Waals surface area contributed by atoms with Crippen molar-refractivity contribution in [3.05, 3.63) is 42.0 Å². The van der Waals surface area contributed by atoms with Crippen LogP contribution in [0.3, 0.4) is 0 Å². The second-order valence-electron chi connectivity index (χ2n) is 5.76. The van der Waals surface area contributed by atoms with Gasteiger partial charge in [-0.3, -0.25) is 0 Å². The van der Waals surface area contributed by atoms with Gasteiger partial charge in [-0.15, -0.1) is 11.3 Å². The molecule has 0 amide bonds.